The number of carbonyl (C=O) groups is 1. The Balaban J connectivity index is 1.96. The van der Waals surface area contributed by atoms with E-state index in [1.807, 2.05) is 37.3 Å². The van der Waals surface area contributed by atoms with Crippen molar-refractivity contribution in [2.24, 2.45) is 0 Å². The number of aryl methyl sites for hydroxylation is 2. The number of carbonyl (C=O) groups excluding carboxylic acids is 1. The Hall–Kier alpha value is -1.65. The first-order valence-electron chi connectivity index (χ1n) is 7.16. The predicted molar refractivity (Wildman–Crippen MR) is 89.9 cm³/mol. The van der Waals surface area contributed by atoms with Gasteiger partial charge in [0.15, 0.2) is 0 Å². The van der Waals surface area contributed by atoms with Crippen molar-refractivity contribution < 1.29 is 4.79 Å². The van der Waals surface area contributed by atoms with Gasteiger partial charge in [-0.1, -0.05) is 18.2 Å². The van der Waals surface area contributed by atoms with Crippen LogP contribution in [0.15, 0.2) is 36.4 Å². The van der Waals surface area contributed by atoms with Crippen molar-refractivity contribution in [2.75, 3.05) is 5.32 Å². The maximum atomic E-state index is 12.2. The van der Waals surface area contributed by atoms with Gasteiger partial charge in [-0.2, -0.15) is 0 Å². The van der Waals surface area contributed by atoms with Crippen molar-refractivity contribution in [2.45, 2.75) is 39.8 Å². The normalized spacial score (nSPS) is 13.7. The maximum Gasteiger partial charge on any atom is 0.241 e. The Morgan fingerprint density at radius 3 is 2.38 bits per heavy atom. The molecule has 2 rings (SSSR count). The van der Waals surface area contributed by atoms with Gasteiger partial charge in [0.25, 0.3) is 0 Å². The second kappa shape index (κ2) is 6.87. The molecule has 2 atom stereocenters. The Morgan fingerprint density at radius 1 is 1.14 bits per heavy atom. The second-order valence-corrected chi connectivity index (χ2v) is 6.79. The molecule has 0 aliphatic rings. The molecule has 112 valence electrons. The van der Waals surface area contributed by atoms with Crippen LogP contribution < -0.4 is 10.6 Å². The van der Waals surface area contributed by atoms with Gasteiger partial charge in [-0.25, -0.2) is 0 Å². The standard InChI is InChI=1S/C17H22N2OS/c1-11-10-16(14(4)21-11)12(2)18-13(3)17(20)19-15-8-6-5-7-9-15/h5-10,12-13,18H,1-4H3,(H,19,20). The van der Waals surface area contributed by atoms with Crippen LogP contribution in [0.1, 0.15) is 35.2 Å². The molecule has 0 bridgehead atoms. The smallest absolute Gasteiger partial charge is 0.241 e. The summed E-state index contributed by atoms with van der Waals surface area (Å²) in [6.45, 7) is 8.23. The van der Waals surface area contributed by atoms with Crippen LogP contribution in [0.5, 0.6) is 0 Å². The third kappa shape index (κ3) is 4.16. The highest BCUT2D eigenvalue weighted by atomic mass is 32.1. The molecule has 1 amide bonds. The highest BCUT2D eigenvalue weighted by Crippen LogP contribution is 2.26. The molecule has 1 aromatic carbocycles. The van der Waals surface area contributed by atoms with E-state index in [1.165, 1.54) is 15.3 Å². The molecule has 0 fully saturated rings. The summed E-state index contributed by atoms with van der Waals surface area (Å²) in [4.78, 5) is 14.8. The van der Waals surface area contributed by atoms with Gasteiger partial charge in [-0.3, -0.25) is 10.1 Å². The molecule has 3 nitrogen and oxygen atoms in total. The lowest BCUT2D eigenvalue weighted by molar-refractivity contribution is -0.117. The van der Waals surface area contributed by atoms with Gasteiger partial charge in [0.05, 0.1) is 6.04 Å². The molecule has 4 heteroatoms. The van der Waals surface area contributed by atoms with Crippen LogP contribution >= 0.6 is 11.3 Å². The molecule has 0 radical (unpaired) electrons. The first kappa shape index (κ1) is 15.7. The molecule has 1 aromatic heterocycles. The van der Waals surface area contributed by atoms with Crippen molar-refractivity contribution >= 4 is 22.9 Å². The molecule has 0 aliphatic carbocycles. The van der Waals surface area contributed by atoms with Crippen LogP contribution in [0.2, 0.25) is 0 Å². The Labute approximate surface area is 130 Å². The summed E-state index contributed by atoms with van der Waals surface area (Å²) in [5.74, 6) is -0.0161. The first-order valence-corrected chi connectivity index (χ1v) is 7.98. The van der Waals surface area contributed by atoms with E-state index in [2.05, 4.69) is 37.5 Å². The predicted octanol–water partition coefficient (Wildman–Crippen LogP) is 4.04. The van der Waals surface area contributed by atoms with Crippen molar-refractivity contribution in [3.05, 3.63) is 51.7 Å². The monoisotopic (exact) mass is 302 g/mol. The lowest BCUT2D eigenvalue weighted by atomic mass is 10.1. The van der Waals surface area contributed by atoms with E-state index in [4.69, 9.17) is 0 Å². The van der Waals surface area contributed by atoms with E-state index in [0.717, 1.165) is 5.69 Å². The Bertz CT molecular complexity index is 607. The fraction of sp³-hybridized carbons (Fsp3) is 0.353. The molecular weight excluding hydrogens is 280 g/mol. The number of hydrogen-bond donors (Lipinski definition) is 2. The van der Waals surface area contributed by atoms with E-state index in [9.17, 15) is 4.79 Å². The van der Waals surface area contributed by atoms with Gasteiger partial charge in [0.1, 0.15) is 0 Å². The highest BCUT2D eigenvalue weighted by molar-refractivity contribution is 7.12. The Kier molecular flexibility index (Phi) is 5.15. The number of amides is 1. The topological polar surface area (TPSA) is 41.1 Å². The summed E-state index contributed by atoms with van der Waals surface area (Å²) in [6, 6.07) is 11.6. The van der Waals surface area contributed by atoms with E-state index in [1.54, 1.807) is 11.3 Å². The quantitative estimate of drug-likeness (QED) is 0.875. The number of para-hydroxylation sites is 1. The van der Waals surface area contributed by atoms with Crippen LogP contribution in [0, 0.1) is 13.8 Å². The summed E-state index contributed by atoms with van der Waals surface area (Å²) < 4.78 is 0. The van der Waals surface area contributed by atoms with Gasteiger partial charge in [-0.15, -0.1) is 11.3 Å². The third-order valence-electron chi connectivity index (χ3n) is 3.48. The number of hydrogen-bond acceptors (Lipinski definition) is 3. The molecule has 0 spiro atoms. The second-order valence-electron chi connectivity index (χ2n) is 5.33. The summed E-state index contributed by atoms with van der Waals surface area (Å²) in [7, 11) is 0. The molecule has 21 heavy (non-hydrogen) atoms. The van der Waals surface area contributed by atoms with Gasteiger partial charge in [0, 0.05) is 21.5 Å². The van der Waals surface area contributed by atoms with Crippen molar-refractivity contribution in [3.63, 3.8) is 0 Å². The molecule has 1 heterocycles. The van der Waals surface area contributed by atoms with Gasteiger partial charge in [-0.05, 0) is 51.5 Å². The minimum absolute atomic E-state index is 0.0161. The van der Waals surface area contributed by atoms with Crippen LogP contribution in [-0.4, -0.2) is 11.9 Å². The van der Waals surface area contributed by atoms with Crippen LogP contribution in [0.3, 0.4) is 0 Å². The maximum absolute atomic E-state index is 12.2. The van der Waals surface area contributed by atoms with Gasteiger partial charge in [0.2, 0.25) is 5.91 Å². The molecule has 2 unspecified atom stereocenters. The molecule has 2 N–H and O–H groups in total. The minimum Gasteiger partial charge on any atom is -0.325 e. The summed E-state index contributed by atoms with van der Waals surface area (Å²) in [5.41, 5.74) is 2.10. The summed E-state index contributed by atoms with van der Waals surface area (Å²) in [5, 5.41) is 6.28. The van der Waals surface area contributed by atoms with Gasteiger partial charge < -0.3 is 5.32 Å². The fourth-order valence-electron chi connectivity index (χ4n) is 2.39. The van der Waals surface area contributed by atoms with Crippen LogP contribution in [0.25, 0.3) is 0 Å². The average Bonchev–Trinajstić information content (AvgIpc) is 2.78. The van der Waals surface area contributed by atoms with E-state index >= 15 is 0 Å². The number of rotatable bonds is 5. The zero-order valence-corrected chi connectivity index (χ0v) is 13.8. The molecular formula is C17H22N2OS. The fourth-order valence-corrected chi connectivity index (χ4v) is 3.42. The zero-order chi connectivity index (χ0) is 15.4. The van der Waals surface area contributed by atoms with E-state index in [0.29, 0.717) is 0 Å². The van der Waals surface area contributed by atoms with Crippen molar-refractivity contribution in [3.8, 4) is 0 Å². The molecule has 2 aromatic rings. The number of nitrogens with one attached hydrogen (secondary N) is 2. The lowest BCUT2D eigenvalue weighted by Gasteiger charge is -2.20. The zero-order valence-electron chi connectivity index (χ0n) is 12.9. The van der Waals surface area contributed by atoms with Crippen LogP contribution in [-0.2, 0) is 4.79 Å². The minimum atomic E-state index is -0.250. The van der Waals surface area contributed by atoms with Gasteiger partial charge >= 0.3 is 0 Å². The number of benzene rings is 1. The number of anilines is 1. The summed E-state index contributed by atoms with van der Waals surface area (Å²) in [6.07, 6.45) is 0. The summed E-state index contributed by atoms with van der Waals surface area (Å²) >= 11 is 1.80. The third-order valence-corrected chi connectivity index (χ3v) is 4.46. The lowest BCUT2D eigenvalue weighted by Crippen LogP contribution is -2.39. The number of thiophene rings is 1. The highest BCUT2D eigenvalue weighted by Gasteiger charge is 2.18. The molecule has 0 aliphatic heterocycles. The average molecular weight is 302 g/mol. The molecule has 0 saturated heterocycles. The largest absolute Gasteiger partial charge is 0.325 e. The SMILES string of the molecule is Cc1cc(C(C)NC(C)C(=O)Nc2ccccc2)c(C)s1. The van der Waals surface area contributed by atoms with E-state index < -0.39 is 0 Å². The van der Waals surface area contributed by atoms with Crippen molar-refractivity contribution in [1.82, 2.24) is 5.32 Å². The van der Waals surface area contributed by atoms with E-state index in [-0.39, 0.29) is 18.0 Å². The first-order chi connectivity index (χ1) is 9.97. The van der Waals surface area contributed by atoms with Crippen LogP contribution in [0.4, 0.5) is 5.69 Å². The Morgan fingerprint density at radius 2 is 1.81 bits per heavy atom. The molecule has 0 saturated carbocycles. The van der Waals surface area contributed by atoms with Crippen molar-refractivity contribution in [1.29, 1.82) is 0 Å².